The van der Waals surface area contributed by atoms with Crippen LogP contribution >= 0.6 is 11.6 Å². The third-order valence-electron chi connectivity index (χ3n) is 2.14. The van der Waals surface area contributed by atoms with E-state index in [9.17, 15) is 22.9 Å². The summed E-state index contributed by atoms with van der Waals surface area (Å²) in [7, 11) is -3.84. The number of nitro groups is 1. The number of sulfone groups is 1. The summed E-state index contributed by atoms with van der Waals surface area (Å²) >= 11 is 5.42. The van der Waals surface area contributed by atoms with E-state index in [1.54, 1.807) is 0 Å². The van der Waals surface area contributed by atoms with Crippen LogP contribution in [0.4, 0.5) is 10.1 Å². The monoisotopic (exact) mass is 281 g/mol. The summed E-state index contributed by atoms with van der Waals surface area (Å²) in [6.07, 6.45) is 0. The molecule has 0 aliphatic heterocycles. The van der Waals surface area contributed by atoms with Gasteiger partial charge in [0.15, 0.2) is 9.84 Å². The number of non-ortho nitro benzene ring substituents is 1. The molecular weight excluding hydrogens is 273 g/mol. The molecule has 0 spiro atoms. The molecule has 0 aliphatic carbocycles. The zero-order valence-electron chi connectivity index (χ0n) is 8.76. The molecular formula is C9H9ClFNO4S. The van der Waals surface area contributed by atoms with Crippen LogP contribution in [0.1, 0.15) is 6.92 Å². The SMILES string of the molecule is CC(CCl)S(=O)(=O)c1cc(F)cc([N+](=O)[O-])c1. The highest BCUT2D eigenvalue weighted by molar-refractivity contribution is 7.92. The maximum atomic E-state index is 13.1. The minimum absolute atomic E-state index is 0.174. The third kappa shape index (κ3) is 2.92. The average molecular weight is 282 g/mol. The summed E-state index contributed by atoms with van der Waals surface area (Å²) < 4.78 is 36.7. The number of benzene rings is 1. The molecule has 94 valence electrons. The van der Waals surface area contributed by atoms with Crippen LogP contribution in [0, 0.1) is 15.9 Å². The Kier molecular flexibility index (Phi) is 4.05. The van der Waals surface area contributed by atoms with Gasteiger partial charge in [0, 0.05) is 11.9 Å². The molecule has 0 saturated heterocycles. The summed E-state index contributed by atoms with van der Waals surface area (Å²) in [6.45, 7) is 1.35. The van der Waals surface area contributed by atoms with E-state index in [1.807, 2.05) is 0 Å². The number of alkyl halides is 1. The van der Waals surface area contributed by atoms with Gasteiger partial charge < -0.3 is 0 Å². The summed E-state index contributed by atoms with van der Waals surface area (Å²) in [5.41, 5.74) is -0.606. The van der Waals surface area contributed by atoms with Gasteiger partial charge in [-0.2, -0.15) is 0 Å². The molecule has 8 heteroatoms. The molecule has 1 aromatic rings. The van der Waals surface area contributed by atoms with Crippen LogP contribution in [-0.2, 0) is 9.84 Å². The first-order valence-corrected chi connectivity index (χ1v) is 6.62. The Bertz CT molecular complexity index is 546. The second-order valence-electron chi connectivity index (χ2n) is 3.41. The van der Waals surface area contributed by atoms with Crippen LogP contribution in [-0.4, -0.2) is 24.5 Å². The molecule has 0 heterocycles. The van der Waals surface area contributed by atoms with Crippen molar-refractivity contribution in [3.63, 3.8) is 0 Å². The lowest BCUT2D eigenvalue weighted by Gasteiger charge is -2.09. The van der Waals surface area contributed by atoms with E-state index in [2.05, 4.69) is 0 Å². The minimum Gasteiger partial charge on any atom is -0.258 e. The van der Waals surface area contributed by atoms with Gasteiger partial charge in [-0.25, -0.2) is 12.8 Å². The van der Waals surface area contributed by atoms with E-state index in [1.165, 1.54) is 6.92 Å². The molecule has 1 unspecified atom stereocenters. The molecule has 0 saturated carbocycles. The number of hydrogen-bond acceptors (Lipinski definition) is 4. The molecule has 0 N–H and O–H groups in total. The van der Waals surface area contributed by atoms with Gasteiger partial charge in [0.05, 0.1) is 21.1 Å². The molecule has 1 rings (SSSR count). The second-order valence-corrected chi connectivity index (χ2v) is 6.09. The number of nitrogens with zero attached hydrogens (tertiary/aromatic N) is 1. The van der Waals surface area contributed by atoms with Crippen LogP contribution in [0.25, 0.3) is 0 Å². The highest BCUT2D eigenvalue weighted by atomic mass is 35.5. The van der Waals surface area contributed by atoms with Crippen molar-refractivity contribution < 1.29 is 17.7 Å². The van der Waals surface area contributed by atoms with Crippen LogP contribution in [0.5, 0.6) is 0 Å². The van der Waals surface area contributed by atoms with E-state index in [0.717, 1.165) is 12.1 Å². The van der Waals surface area contributed by atoms with Gasteiger partial charge in [0.2, 0.25) is 0 Å². The predicted molar refractivity (Wildman–Crippen MR) is 60.4 cm³/mol. The van der Waals surface area contributed by atoms with Crippen molar-refractivity contribution in [2.45, 2.75) is 17.1 Å². The lowest BCUT2D eigenvalue weighted by molar-refractivity contribution is -0.385. The lowest BCUT2D eigenvalue weighted by atomic mass is 10.3. The number of hydrogen-bond donors (Lipinski definition) is 0. The first kappa shape index (κ1) is 13.9. The molecule has 0 bridgehead atoms. The Hall–Kier alpha value is -1.21. The van der Waals surface area contributed by atoms with Crippen molar-refractivity contribution in [2.75, 3.05) is 5.88 Å². The maximum absolute atomic E-state index is 13.1. The van der Waals surface area contributed by atoms with Gasteiger partial charge in [0.1, 0.15) is 5.82 Å². The third-order valence-corrected chi connectivity index (χ3v) is 4.91. The summed E-state index contributed by atoms with van der Waals surface area (Å²) in [6, 6.07) is 2.22. The van der Waals surface area contributed by atoms with E-state index in [-0.39, 0.29) is 5.88 Å². The van der Waals surface area contributed by atoms with E-state index >= 15 is 0 Å². The fourth-order valence-corrected chi connectivity index (χ4v) is 2.82. The molecule has 0 fully saturated rings. The summed E-state index contributed by atoms with van der Waals surface area (Å²) in [4.78, 5) is 9.20. The standard InChI is InChI=1S/C9H9ClFNO4S/c1-6(5-10)17(15,16)9-3-7(11)2-8(4-9)12(13)14/h2-4,6H,5H2,1H3. The van der Waals surface area contributed by atoms with Gasteiger partial charge in [0.25, 0.3) is 5.69 Å². The Morgan fingerprint density at radius 1 is 1.47 bits per heavy atom. The van der Waals surface area contributed by atoms with Gasteiger partial charge in [-0.15, -0.1) is 11.6 Å². The topological polar surface area (TPSA) is 77.3 Å². The Labute approximate surface area is 102 Å². The molecule has 17 heavy (non-hydrogen) atoms. The van der Waals surface area contributed by atoms with Crippen molar-refractivity contribution >= 4 is 27.1 Å². The summed E-state index contributed by atoms with van der Waals surface area (Å²) in [5, 5.41) is 9.55. The van der Waals surface area contributed by atoms with Crippen LogP contribution in [0.15, 0.2) is 23.1 Å². The number of rotatable bonds is 4. The Balaban J connectivity index is 3.37. The predicted octanol–water partition coefficient (Wildman–Crippen LogP) is 2.13. The quantitative estimate of drug-likeness (QED) is 0.481. The van der Waals surface area contributed by atoms with Crippen molar-refractivity contribution in [3.05, 3.63) is 34.1 Å². The molecule has 0 radical (unpaired) electrons. The minimum atomic E-state index is -3.84. The highest BCUT2D eigenvalue weighted by Gasteiger charge is 2.25. The van der Waals surface area contributed by atoms with E-state index in [4.69, 9.17) is 11.6 Å². The van der Waals surface area contributed by atoms with Crippen LogP contribution in [0.3, 0.4) is 0 Å². The number of nitro benzene ring substituents is 1. The fraction of sp³-hybridized carbons (Fsp3) is 0.333. The lowest BCUT2D eigenvalue weighted by Crippen LogP contribution is -2.19. The molecule has 0 amide bonds. The van der Waals surface area contributed by atoms with Crippen molar-refractivity contribution in [2.24, 2.45) is 0 Å². The highest BCUT2D eigenvalue weighted by Crippen LogP contribution is 2.23. The zero-order valence-corrected chi connectivity index (χ0v) is 10.3. The van der Waals surface area contributed by atoms with Gasteiger partial charge in [-0.1, -0.05) is 0 Å². The van der Waals surface area contributed by atoms with Gasteiger partial charge >= 0.3 is 0 Å². The molecule has 0 aliphatic rings. The van der Waals surface area contributed by atoms with Gasteiger partial charge in [-0.3, -0.25) is 10.1 Å². The van der Waals surface area contributed by atoms with Crippen molar-refractivity contribution in [3.8, 4) is 0 Å². The second kappa shape index (κ2) is 4.97. The largest absolute Gasteiger partial charge is 0.273 e. The first-order chi connectivity index (χ1) is 7.78. The number of halogens is 2. The summed E-state index contributed by atoms with van der Waals surface area (Å²) in [5.74, 6) is -1.15. The average Bonchev–Trinajstić information content (AvgIpc) is 2.26. The molecule has 1 atom stereocenters. The van der Waals surface area contributed by atoms with Crippen LogP contribution in [0.2, 0.25) is 0 Å². The molecule has 1 aromatic carbocycles. The maximum Gasteiger partial charge on any atom is 0.273 e. The van der Waals surface area contributed by atoms with E-state index in [0.29, 0.717) is 6.07 Å². The van der Waals surface area contributed by atoms with Crippen LogP contribution < -0.4 is 0 Å². The van der Waals surface area contributed by atoms with Crippen molar-refractivity contribution in [1.82, 2.24) is 0 Å². The molecule has 0 aromatic heterocycles. The smallest absolute Gasteiger partial charge is 0.258 e. The Morgan fingerprint density at radius 3 is 2.53 bits per heavy atom. The van der Waals surface area contributed by atoms with E-state index < -0.39 is 36.4 Å². The normalized spacial score (nSPS) is 13.4. The zero-order chi connectivity index (χ0) is 13.2. The molecule has 5 nitrogen and oxygen atoms in total. The Morgan fingerprint density at radius 2 is 2.06 bits per heavy atom. The first-order valence-electron chi connectivity index (χ1n) is 4.54. The van der Waals surface area contributed by atoms with Crippen molar-refractivity contribution in [1.29, 1.82) is 0 Å². The fourth-order valence-electron chi connectivity index (χ4n) is 1.13. The van der Waals surface area contributed by atoms with Gasteiger partial charge in [-0.05, 0) is 13.0 Å².